The Bertz CT molecular complexity index is 419. The van der Waals surface area contributed by atoms with E-state index in [1.165, 1.54) is 0 Å². The number of furan rings is 1. The Labute approximate surface area is 117 Å². The van der Waals surface area contributed by atoms with Gasteiger partial charge in [-0.1, -0.05) is 12.8 Å². The summed E-state index contributed by atoms with van der Waals surface area (Å²) >= 11 is 1.66. The van der Waals surface area contributed by atoms with Gasteiger partial charge in [0.15, 0.2) is 5.76 Å². The molecule has 2 unspecified atom stereocenters. The Morgan fingerprint density at radius 2 is 2.26 bits per heavy atom. The van der Waals surface area contributed by atoms with E-state index >= 15 is 0 Å². The fourth-order valence-corrected chi connectivity index (χ4v) is 3.02. The third-order valence-corrected chi connectivity index (χ3v) is 4.21. The molecule has 0 aliphatic heterocycles. The summed E-state index contributed by atoms with van der Waals surface area (Å²) in [7, 11) is 0. The molecule has 1 amide bonds. The van der Waals surface area contributed by atoms with E-state index in [9.17, 15) is 9.90 Å². The molecule has 1 aliphatic carbocycles. The van der Waals surface area contributed by atoms with Crippen LogP contribution in [0.4, 0.5) is 0 Å². The number of nitrogens with one attached hydrogen (secondary N) is 1. The molecule has 2 N–H and O–H groups in total. The molecule has 5 heteroatoms. The molecule has 106 valence electrons. The molecule has 2 rings (SSSR count). The van der Waals surface area contributed by atoms with E-state index in [0.717, 1.165) is 37.2 Å². The average molecular weight is 283 g/mol. The maximum Gasteiger partial charge on any atom is 0.287 e. The van der Waals surface area contributed by atoms with Crippen LogP contribution in [0, 0.1) is 5.92 Å². The smallest absolute Gasteiger partial charge is 0.287 e. The Kier molecular flexibility index (Phi) is 5.34. The fraction of sp³-hybridized carbons (Fsp3) is 0.643. The van der Waals surface area contributed by atoms with Gasteiger partial charge in [-0.25, -0.2) is 0 Å². The summed E-state index contributed by atoms with van der Waals surface area (Å²) in [6, 6.07) is 3.63. The number of hydrogen-bond acceptors (Lipinski definition) is 4. The summed E-state index contributed by atoms with van der Waals surface area (Å²) in [4.78, 5) is 12.1. The molecule has 19 heavy (non-hydrogen) atoms. The van der Waals surface area contributed by atoms with Crippen LogP contribution < -0.4 is 5.32 Å². The van der Waals surface area contributed by atoms with Crippen LogP contribution in [-0.4, -0.2) is 29.9 Å². The molecular formula is C14H21NO3S. The minimum atomic E-state index is -0.169. The number of aliphatic hydroxyl groups excluding tert-OH is 1. The number of aliphatic hydroxyl groups is 1. The van der Waals surface area contributed by atoms with E-state index < -0.39 is 0 Å². The van der Waals surface area contributed by atoms with Crippen LogP contribution in [-0.2, 0) is 5.75 Å². The van der Waals surface area contributed by atoms with Gasteiger partial charge in [0.2, 0.25) is 0 Å². The van der Waals surface area contributed by atoms with Gasteiger partial charge in [-0.2, -0.15) is 11.8 Å². The van der Waals surface area contributed by atoms with Gasteiger partial charge >= 0.3 is 0 Å². The predicted octanol–water partition coefficient (Wildman–Crippen LogP) is 2.42. The van der Waals surface area contributed by atoms with Crippen LogP contribution in [0.15, 0.2) is 16.5 Å². The van der Waals surface area contributed by atoms with Crippen LogP contribution in [0.25, 0.3) is 0 Å². The summed E-state index contributed by atoms with van der Waals surface area (Å²) in [6.07, 6.45) is 6.16. The third kappa shape index (κ3) is 3.76. The second-order valence-corrected chi connectivity index (χ2v) is 5.87. The Morgan fingerprint density at radius 3 is 3.00 bits per heavy atom. The van der Waals surface area contributed by atoms with Crippen molar-refractivity contribution >= 4 is 17.7 Å². The lowest BCUT2D eigenvalue weighted by molar-refractivity contribution is 0.0844. The topological polar surface area (TPSA) is 62.5 Å². The molecule has 1 heterocycles. The summed E-state index contributed by atoms with van der Waals surface area (Å²) in [5.41, 5.74) is 0. The summed E-state index contributed by atoms with van der Waals surface area (Å²) in [5, 5.41) is 12.3. The summed E-state index contributed by atoms with van der Waals surface area (Å²) < 4.78 is 5.50. The minimum absolute atomic E-state index is 0.0698. The molecule has 1 fully saturated rings. The first-order valence-electron chi connectivity index (χ1n) is 6.74. The van der Waals surface area contributed by atoms with E-state index in [1.54, 1.807) is 17.8 Å². The fourth-order valence-electron chi connectivity index (χ4n) is 2.58. The minimum Gasteiger partial charge on any atom is -0.455 e. The highest BCUT2D eigenvalue weighted by molar-refractivity contribution is 7.97. The zero-order valence-corrected chi connectivity index (χ0v) is 12.0. The van der Waals surface area contributed by atoms with Gasteiger partial charge in [-0.15, -0.1) is 0 Å². The van der Waals surface area contributed by atoms with Crippen molar-refractivity contribution in [2.45, 2.75) is 37.5 Å². The number of hydrogen-bond donors (Lipinski definition) is 2. The summed E-state index contributed by atoms with van der Waals surface area (Å²) in [6.45, 7) is 0.140. The number of carbonyl (C=O) groups excluding carboxylic acids is 1. The van der Waals surface area contributed by atoms with Crippen LogP contribution in [0.5, 0.6) is 0 Å². The monoisotopic (exact) mass is 283 g/mol. The van der Waals surface area contributed by atoms with E-state index in [4.69, 9.17) is 4.42 Å². The standard InChI is InChI=1S/C14H21NO3S/c1-19-9-11-6-7-13(18-11)14(17)15-12-5-3-2-4-10(12)8-16/h6-7,10,12,16H,2-5,8-9H2,1H3,(H,15,17). The van der Waals surface area contributed by atoms with E-state index in [2.05, 4.69) is 5.32 Å². The van der Waals surface area contributed by atoms with Gasteiger partial charge in [0, 0.05) is 18.6 Å². The van der Waals surface area contributed by atoms with E-state index in [0.29, 0.717) is 5.76 Å². The number of amides is 1. The van der Waals surface area contributed by atoms with Crippen LogP contribution in [0.2, 0.25) is 0 Å². The molecule has 0 saturated heterocycles. The first-order valence-corrected chi connectivity index (χ1v) is 8.13. The molecule has 1 aromatic rings. The van der Waals surface area contributed by atoms with Crippen molar-refractivity contribution in [2.24, 2.45) is 5.92 Å². The molecule has 0 spiro atoms. The molecule has 0 bridgehead atoms. The maximum atomic E-state index is 12.1. The van der Waals surface area contributed by atoms with Crippen LogP contribution >= 0.6 is 11.8 Å². The van der Waals surface area contributed by atoms with Gasteiger partial charge in [0.1, 0.15) is 5.76 Å². The van der Waals surface area contributed by atoms with Gasteiger partial charge in [0.25, 0.3) is 5.91 Å². The van der Waals surface area contributed by atoms with Crippen LogP contribution in [0.1, 0.15) is 42.0 Å². The molecule has 2 atom stereocenters. The quantitative estimate of drug-likeness (QED) is 0.871. The van der Waals surface area contributed by atoms with Crippen molar-refractivity contribution in [3.8, 4) is 0 Å². The highest BCUT2D eigenvalue weighted by Crippen LogP contribution is 2.24. The average Bonchev–Trinajstić information content (AvgIpc) is 2.88. The molecule has 1 aliphatic rings. The second kappa shape index (κ2) is 7.01. The zero-order valence-electron chi connectivity index (χ0n) is 11.2. The van der Waals surface area contributed by atoms with E-state index in [-0.39, 0.29) is 24.5 Å². The van der Waals surface area contributed by atoms with Gasteiger partial charge in [-0.3, -0.25) is 4.79 Å². The number of rotatable bonds is 5. The molecule has 1 aromatic heterocycles. The lowest BCUT2D eigenvalue weighted by Gasteiger charge is -2.30. The highest BCUT2D eigenvalue weighted by atomic mass is 32.2. The molecule has 0 radical (unpaired) electrons. The van der Waals surface area contributed by atoms with Crippen molar-refractivity contribution < 1.29 is 14.3 Å². The largest absolute Gasteiger partial charge is 0.455 e. The normalized spacial score (nSPS) is 23.3. The Hall–Kier alpha value is -0.940. The van der Waals surface area contributed by atoms with Crippen molar-refractivity contribution in [3.05, 3.63) is 23.7 Å². The van der Waals surface area contributed by atoms with Gasteiger partial charge in [-0.05, 0) is 31.2 Å². The van der Waals surface area contributed by atoms with Gasteiger partial charge < -0.3 is 14.8 Å². The molecule has 0 aromatic carbocycles. The lowest BCUT2D eigenvalue weighted by Crippen LogP contribution is -2.43. The summed E-state index contributed by atoms with van der Waals surface area (Å²) in [5.74, 6) is 1.97. The molecular weight excluding hydrogens is 262 g/mol. The van der Waals surface area contributed by atoms with Crippen molar-refractivity contribution in [1.82, 2.24) is 5.32 Å². The molecule has 1 saturated carbocycles. The van der Waals surface area contributed by atoms with Crippen molar-refractivity contribution in [3.63, 3.8) is 0 Å². The second-order valence-electron chi connectivity index (χ2n) is 5.01. The number of carbonyl (C=O) groups is 1. The van der Waals surface area contributed by atoms with Crippen molar-refractivity contribution in [2.75, 3.05) is 12.9 Å². The third-order valence-electron chi connectivity index (χ3n) is 3.63. The first kappa shape index (κ1) is 14.5. The van der Waals surface area contributed by atoms with Gasteiger partial charge in [0.05, 0.1) is 5.75 Å². The first-order chi connectivity index (χ1) is 9.24. The Balaban J connectivity index is 1.95. The lowest BCUT2D eigenvalue weighted by atomic mass is 9.85. The maximum absolute atomic E-state index is 12.1. The number of thioether (sulfide) groups is 1. The molecule has 4 nitrogen and oxygen atoms in total. The highest BCUT2D eigenvalue weighted by Gasteiger charge is 2.26. The zero-order chi connectivity index (χ0) is 13.7. The van der Waals surface area contributed by atoms with Crippen molar-refractivity contribution in [1.29, 1.82) is 0 Å². The predicted molar refractivity (Wildman–Crippen MR) is 76.2 cm³/mol. The SMILES string of the molecule is CSCc1ccc(C(=O)NC2CCCCC2CO)o1. The Morgan fingerprint density at radius 1 is 1.47 bits per heavy atom. The van der Waals surface area contributed by atoms with E-state index in [1.807, 2.05) is 12.3 Å². The van der Waals surface area contributed by atoms with Crippen LogP contribution in [0.3, 0.4) is 0 Å².